The number of aryl methyl sites for hydroxylation is 1. The van der Waals surface area contributed by atoms with E-state index in [4.69, 9.17) is 0 Å². The molecule has 1 aromatic carbocycles. The number of hydrogen-bond donors (Lipinski definition) is 1. The summed E-state index contributed by atoms with van der Waals surface area (Å²) in [7, 11) is 0. The van der Waals surface area contributed by atoms with Gasteiger partial charge in [0.05, 0.1) is 0 Å². The molecule has 88 valence electrons. The molecule has 0 saturated heterocycles. The predicted octanol–water partition coefficient (Wildman–Crippen LogP) is 3.37. The van der Waals surface area contributed by atoms with Gasteiger partial charge >= 0.3 is 0 Å². The number of benzene rings is 1. The highest BCUT2D eigenvalue weighted by Gasteiger charge is 2.15. The lowest BCUT2D eigenvalue weighted by atomic mass is 10.0. The van der Waals surface area contributed by atoms with Gasteiger partial charge in [-0.2, -0.15) is 0 Å². The molecule has 0 fully saturated rings. The number of hydrogen-bond acceptors (Lipinski definition) is 2. The Labute approximate surface area is 107 Å². The first-order valence-electron chi connectivity index (χ1n) is 5.12. The molecule has 0 saturated carbocycles. The second-order valence-electron chi connectivity index (χ2n) is 3.86. The van der Waals surface area contributed by atoms with Crippen LogP contribution in [-0.2, 0) is 0 Å². The van der Waals surface area contributed by atoms with Crippen LogP contribution < -0.4 is 0 Å². The molecule has 0 bridgehead atoms. The van der Waals surface area contributed by atoms with Crippen molar-refractivity contribution in [3.63, 3.8) is 0 Å². The zero-order valence-corrected chi connectivity index (χ0v) is 10.8. The molecule has 0 aliphatic rings. The normalized spacial score (nSPS) is 12.5. The molecule has 0 spiro atoms. The highest BCUT2D eigenvalue weighted by atomic mass is 79.9. The van der Waals surface area contributed by atoms with Crippen LogP contribution in [0.5, 0.6) is 0 Å². The molecule has 0 radical (unpaired) electrons. The second-order valence-corrected chi connectivity index (χ2v) is 4.78. The Morgan fingerprint density at radius 2 is 2.06 bits per heavy atom. The summed E-state index contributed by atoms with van der Waals surface area (Å²) in [5.74, 6) is -0.414. The maximum Gasteiger partial charge on any atom is 0.129 e. The molecule has 17 heavy (non-hydrogen) atoms. The monoisotopic (exact) mass is 295 g/mol. The summed E-state index contributed by atoms with van der Waals surface area (Å²) in [4.78, 5) is 3.95. The van der Waals surface area contributed by atoms with Crippen molar-refractivity contribution in [1.82, 2.24) is 4.98 Å². The minimum Gasteiger partial charge on any atom is -0.383 e. The molecule has 0 aliphatic carbocycles. The van der Waals surface area contributed by atoms with Gasteiger partial charge in [0, 0.05) is 28.0 Å². The standard InChI is InChI=1S/C13H11BrFNO/c1-8-2-3-12(15)11(4-8)13(17)9-5-10(14)7-16-6-9/h2-7,13,17H,1H3. The summed E-state index contributed by atoms with van der Waals surface area (Å²) >= 11 is 3.27. The summed E-state index contributed by atoms with van der Waals surface area (Å²) in [6, 6.07) is 6.39. The summed E-state index contributed by atoms with van der Waals surface area (Å²) in [6.45, 7) is 1.86. The highest BCUT2D eigenvalue weighted by Crippen LogP contribution is 2.26. The van der Waals surface area contributed by atoms with Crippen molar-refractivity contribution >= 4 is 15.9 Å². The van der Waals surface area contributed by atoms with E-state index in [9.17, 15) is 9.50 Å². The lowest BCUT2D eigenvalue weighted by molar-refractivity contribution is 0.214. The molecule has 1 N–H and O–H groups in total. The molecule has 0 aliphatic heterocycles. The van der Waals surface area contributed by atoms with Crippen molar-refractivity contribution < 1.29 is 9.50 Å². The molecule has 1 atom stereocenters. The highest BCUT2D eigenvalue weighted by molar-refractivity contribution is 9.10. The van der Waals surface area contributed by atoms with Gasteiger partial charge < -0.3 is 5.11 Å². The third-order valence-electron chi connectivity index (χ3n) is 2.49. The topological polar surface area (TPSA) is 33.1 Å². The summed E-state index contributed by atoms with van der Waals surface area (Å²) < 4.78 is 14.4. The van der Waals surface area contributed by atoms with E-state index < -0.39 is 11.9 Å². The number of rotatable bonds is 2. The van der Waals surface area contributed by atoms with Gasteiger partial charge in [0.25, 0.3) is 0 Å². The number of aliphatic hydroxyl groups is 1. The first kappa shape index (κ1) is 12.2. The smallest absolute Gasteiger partial charge is 0.129 e. The van der Waals surface area contributed by atoms with Gasteiger partial charge in [-0.1, -0.05) is 17.7 Å². The summed E-state index contributed by atoms with van der Waals surface area (Å²) in [5, 5.41) is 10.1. The van der Waals surface area contributed by atoms with E-state index in [0.29, 0.717) is 5.56 Å². The molecule has 2 aromatic rings. The Hall–Kier alpha value is -1.26. The quantitative estimate of drug-likeness (QED) is 0.921. The molecular weight excluding hydrogens is 285 g/mol. The number of pyridine rings is 1. The maximum atomic E-state index is 13.6. The molecule has 0 amide bonds. The van der Waals surface area contributed by atoms with Crippen LogP contribution >= 0.6 is 15.9 Å². The van der Waals surface area contributed by atoms with E-state index in [1.54, 1.807) is 24.4 Å². The minimum absolute atomic E-state index is 0.268. The van der Waals surface area contributed by atoms with Crippen molar-refractivity contribution in [3.05, 3.63) is 63.6 Å². The van der Waals surface area contributed by atoms with Crippen LogP contribution in [0.25, 0.3) is 0 Å². The van der Waals surface area contributed by atoms with Gasteiger partial charge in [0.2, 0.25) is 0 Å². The van der Waals surface area contributed by atoms with Crippen molar-refractivity contribution in [2.45, 2.75) is 13.0 Å². The Morgan fingerprint density at radius 1 is 1.29 bits per heavy atom. The maximum absolute atomic E-state index is 13.6. The molecule has 1 aromatic heterocycles. The van der Waals surface area contributed by atoms with E-state index in [2.05, 4.69) is 20.9 Å². The Balaban J connectivity index is 2.43. The summed E-state index contributed by atoms with van der Waals surface area (Å²) in [5.41, 5.74) is 1.73. The fraction of sp³-hybridized carbons (Fsp3) is 0.154. The molecule has 2 nitrogen and oxygen atoms in total. The van der Waals surface area contributed by atoms with Crippen LogP contribution in [0.3, 0.4) is 0 Å². The zero-order chi connectivity index (χ0) is 12.4. The molecule has 2 rings (SSSR count). The Kier molecular flexibility index (Phi) is 3.54. The lowest BCUT2D eigenvalue weighted by Crippen LogP contribution is -2.03. The third kappa shape index (κ3) is 2.70. The van der Waals surface area contributed by atoms with Crippen molar-refractivity contribution in [3.8, 4) is 0 Å². The Bertz CT molecular complexity index is 545. The van der Waals surface area contributed by atoms with Gasteiger partial charge in [-0.25, -0.2) is 4.39 Å². The molecule has 1 unspecified atom stereocenters. The van der Waals surface area contributed by atoms with Crippen LogP contribution in [0, 0.1) is 12.7 Å². The molecular formula is C13H11BrFNO. The fourth-order valence-electron chi connectivity index (χ4n) is 1.63. The van der Waals surface area contributed by atoms with Crippen LogP contribution in [0.15, 0.2) is 41.1 Å². The zero-order valence-electron chi connectivity index (χ0n) is 9.19. The average Bonchev–Trinajstić information content (AvgIpc) is 2.31. The van der Waals surface area contributed by atoms with Crippen molar-refractivity contribution in [2.75, 3.05) is 0 Å². The molecule has 4 heteroatoms. The van der Waals surface area contributed by atoms with E-state index in [-0.39, 0.29) is 5.56 Å². The van der Waals surface area contributed by atoms with Crippen LogP contribution in [-0.4, -0.2) is 10.1 Å². The predicted molar refractivity (Wildman–Crippen MR) is 67.1 cm³/mol. The largest absolute Gasteiger partial charge is 0.383 e. The lowest BCUT2D eigenvalue weighted by Gasteiger charge is -2.13. The fourth-order valence-corrected chi connectivity index (χ4v) is 2.01. The SMILES string of the molecule is Cc1ccc(F)c(C(O)c2cncc(Br)c2)c1. The number of nitrogens with zero attached hydrogens (tertiary/aromatic N) is 1. The third-order valence-corrected chi connectivity index (χ3v) is 2.92. The summed E-state index contributed by atoms with van der Waals surface area (Å²) in [6.07, 6.45) is 2.14. The van der Waals surface area contributed by atoms with Crippen molar-refractivity contribution in [1.29, 1.82) is 0 Å². The van der Waals surface area contributed by atoms with Crippen molar-refractivity contribution in [2.24, 2.45) is 0 Å². The van der Waals surface area contributed by atoms with Gasteiger partial charge in [-0.15, -0.1) is 0 Å². The first-order valence-corrected chi connectivity index (χ1v) is 5.92. The van der Waals surface area contributed by atoms with Gasteiger partial charge in [-0.05, 0) is 35.0 Å². The first-order chi connectivity index (χ1) is 8.08. The van der Waals surface area contributed by atoms with E-state index >= 15 is 0 Å². The van der Waals surface area contributed by atoms with Gasteiger partial charge in [0.15, 0.2) is 0 Å². The minimum atomic E-state index is -1.00. The average molecular weight is 296 g/mol. The number of aromatic nitrogens is 1. The van der Waals surface area contributed by atoms with E-state index in [0.717, 1.165) is 10.0 Å². The van der Waals surface area contributed by atoms with E-state index in [1.807, 2.05) is 6.92 Å². The van der Waals surface area contributed by atoms with Gasteiger partial charge in [-0.3, -0.25) is 4.98 Å². The number of halogens is 2. The van der Waals surface area contributed by atoms with E-state index in [1.165, 1.54) is 12.3 Å². The van der Waals surface area contributed by atoms with Gasteiger partial charge in [0.1, 0.15) is 11.9 Å². The molecule has 1 heterocycles. The number of aliphatic hydroxyl groups excluding tert-OH is 1. The van der Waals surface area contributed by atoms with Crippen LogP contribution in [0.2, 0.25) is 0 Å². The second kappa shape index (κ2) is 4.94. The van der Waals surface area contributed by atoms with Crippen LogP contribution in [0.4, 0.5) is 4.39 Å². The van der Waals surface area contributed by atoms with Crippen LogP contribution in [0.1, 0.15) is 22.8 Å². The Morgan fingerprint density at radius 3 is 2.76 bits per heavy atom.